The van der Waals surface area contributed by atoms with Crippen LogP contribution in [-0.2, 0) is 22.6 Å². The lowest BCUT2D eigenvalue weighted by molar-refractivity contribution is -0.113. The van der Waals surface area contributed by atoms with Crippen LogP contribution < -0.4 is 15.2 Å². The Morgan fingerprint density at radius 3 is 2.76 bits per heavy atom. The number of carbonyl (C=O) groups is 1. The van der Waals surface area contributed by atoms with Gasteiger partial charge in [-0.05, 0) is 59.9 Å². The molecule has 0 saturated heterocycles. The van der Waals surface area contributed by atoms with Gasteiger partial charge in [0.15, 0.2) is 4.90 Å². The Hall–Kier alpha value is -2.28. The highest BCUT2D eigenvalue weighted by Crippen LogP contribution is 2.33. The van der Waals surface area contributed by atoms with Crippen molar-refractivity contribution in [3.63, 3.8) is 0 Å². The van der Waals surface area contributed by atoms with Crippen molar-refractivity contribution in [2.24, 2.45) is 5.73 Å². The normalized spacial score (nSPS) is 17.4. The van der Waals surface area contributed by atoms with Crippen LogP contribution >= 0.6 is 0 Å². The summed E-state index contributed by atoms with van der Waals surface area (Å²) in [6.07, 6.45) is 4.86. The molecule has 2 atom stereocenters. The summed E-state index contributed by atoms with van der Waals surface area (Å²) in [5, 5.41) is 0. The molecule has 0 aliphatic heterocycles. The molecule has 25 heavy (non-hydrogen) atoms. The molecule has 1 amide bonds. The molecule has 3 N–H and O–H groups in total. The minimum atomic E-state index is -1.29. The lowest BCUT2D eigenvalue weighted by Gasteiger charge is -2.17. The number of methoxy groups -OCH3 is 1. The quantitative estimate of drug-likeness (QED) is 0.615. The van der Waals surface area contributed by atoms with Crippen LogP contribution in [0.5, 0.6) is 5.75 Å². The standard InChI is InChI=1S/C19H20N2O3S/c1-24-15-5-7-16(8-6-15)25(23)21-18-10-4-14-12-13(2-9-17(14)18)3-11-19(20)22/h2-3,5-9,11-12,18,21H,4,10H2,1H3,(H2,20,22)/b11-3+. The molecule has 0 saturated carbocycles. The number of nitrogens with two attached hydrogens (primary N) is 1. The van der Waals surface area contributed by atoms with E-state index in [1.807, 2.05) is 18.2 Å². The molecule has 2 unspecified atom stereocenters. The van der Waals surface area contributed by atoms with Gasteiger partial charge in [-0.1, -0.05) is 18.2 Å². The summed E-state index contributed by atoms with van der Waals surface area (Å²) in [7, 11) is 1.60. The topological polar surface area (TPSA) is 87.4 Å². The molecule has 0 heterocycles. The van der Waals surface area contributed by atoms with Crippen molar-refractivity contribution in [3.05, 3.63) is 65.2 Å². The SMILES string of the molecule is COc1ccc([S+]([O-])NC2CCc3cc(/C=C/C(N)=O)ccc32)cc1. The third-order valence-electron chi connectivity index (χ3n) is 4.21. The van der Waals surface area contributed by atoms with Crippen molar-refractivity contribution in [3.8, 4) is 5.75 Å². The molecule has 1 aliphatic carbocycles. The number of aryl methyl sites for hydroxylation is 1. The van der Waals surface area contributed by atoms with Crippen LogP contribution in [0.4, 0.5) is 0 Å². The Morgan fingerprint density at radius 1 is 1.32 bits per heavy atom. The van der Waals surface area contributed by atoms with E-state index in [0.717, 1.165) is 34.6 Å². The van der Waals surface area contributed by atoms with Gasteiger partial charge in [-0.2, -0.15) is 0 Å². The maximum absolute atomic E-state index is 12.6. The number of benzene rings is 2. The van der Waals surface area contributed by atoms with Crippen LogP contribution in [0.25, 0.3) is 6.08 Å². The number of amides is 1. The van der Waals surface area contributed by atoms with Gasteiger partial charge in [0.2, 0.25) is 5.91 Å². The fourth-order valence-electron chi connectivity index (χ4n) is 2.94. The first-order valence-electron chi connectivity index (χ1n) is 7.99. The molecule has 0 fully saturated rings. The minimum Gasteiger partial charge on any atom is -0.593 e. The summed E-state index contributed by atoms with van der Waals surface area (Å²) in [5.41, 5.74) is 8.42. The van der Waals surface area contributed by atoms with Gasteiger partial charge in [-0.25, -0.2) is 0 Å². The molecular formula is C19H20N2O3S. The van der Waals surface area contributed by atoms with E-state index in [0.29, 0.717) is 0 Å². The van der Waals surface area contributed by atoms with E-state index >= 15 is 0 Å². The van der Waals surface area contributed by atoms with Gasteiger partial charge in [0, 0.05) is 6.08 Å². The van der Waals surface area contributed by atoms with E-state index in [1.165, 1.54) is 11.6 Å². The van der Waals surface area contributed by atoms with Gasteiger partial charge < -0.3 is 15.0 Å². The molecule has 130 valence electrons. The van der Waals surface area contributed by atoms with E-state index in [2.05, 4.69) is 4.72 Å². The summed E-state index contributed by atoms with van der Waals surface area (Å²) in [4.78, 5) is 11.6. The third kappa shape index (κ3) is 4.22. The van der Waals surface area contributed by atoms with Gasteiger partial charge in [0.25, 0.3) is 0 Å². The van der Waals surface area contributed by atoms with E-state index in [9.17, 15) is 9.35 Å². The molecule has 6 heteroatoms. The number of hydrogen-bond acceptors (Lipinski definition) is 4. The van der Waals surface area contributed by atoms with E-state index in [-0.39, 0.29) is 6.04 Å². The fourth-order valence-corrected chi connectivity index (χ4v) is 3.96. The summed E-state index contributed by atoms with van der Waals surface area (Å²) in [6, 6.07) is 13.3. The van der Waals surface area contributed by atoms with Crippen LogP contribution in [0.1, 0.15) is 29.2 Å². The number of hydrogen-bond donors (Lipinski definition) is 2. The molecule has 0 spiro atoms. The molecule has 2 aromatic rings. The van der Waals surface area contributed by atoms with Crippen LogP contribution in [0.2, 0.25) is 0 Å². The first-order valence-corrected chi connectivity index (χ1v) is 9.14. The monoisotopic (exact) mass is 356 g/mol. The number of carbonyl (C=O) groups excluding carboxylic acids is 1. The molecule has 3 rings (SSSR count). The minimum absolute atomic E-state index is 0.0482. The predicted molar refractivity (Wildman–Crippen MR) is 98.3 cm³/mol. The largest absolute Gasteiger partial charge is 0.593 e. The van der Waals surface area contributed by atoms with Gasteiger partial charge in [0.05, 0.1) is 24.5 Å². The number of ether oxygens (including phenoxy) is 1. The molecule has 0 radical (unpaired) electrons. The van der Waals surface area contributed by atoms with Crippen LogP contribution in [0.3, 0.4) is 0 Å². The first-order chi connectivity index (χ1) is 12.1. The number of nitrogens with one attached hydrogen (secondary N) is 1. The lowest BCUT2D eigenvalue weighted by atomic mass is 10.0. The fraction of sp³-hybridized carbons (Fsp3) is 0.211. The van der Waals surface area contributed by atoms with Crippen LogP contribution in [0, 0.1) is 0 Å². The molecular weight excluding hydrogens is 336 g/mol. The van der Waals surface area contributed by atoms with Gasteiger partial charge in [-0.15, -0.1) is 4.72 Å². The highest BCUT2D eigenvalue weighted by atomic mass is 32.2. The van der Waals surface area contributed by atoms with Crippen molar-refractivity contribution < 1.29 is 14.1 Å². The Labute approximate surface area is 150 Å². The number of rotatable bonds is 6. The van der Waals surface area contributed by atoms with Crippen LogP contribution in [0.15, 0.2) is 53.4 Å². The summed E-state index contributed by atoms with van der Waals surface area (Å²) in [6.45, 7) is 0. The molecule has 2 aromatic carbocycles. The predicted octanol–water partition coefficient (Wildman–Crippen LogP) is 2.49. The van der Waals surface area contributed by atoms with Crippen molar-refractivity contribution in [1.29, 1.82) is 0 Å². The molecule has 5 nitrogen and oxygen atoms in total. The average Bonchev–Trinajstić information content (AvgIpc) is 3.02. The van der Waals surface area contributed by atoms with Crippen molar-refractivity contribution in [2.75, 3.05) is 7.11 Å². The number of primary amides is 1. The summed E-state index contributed by atoms with van der Waals surface area (Å²) >= 11 is -1.29. The highest BCUT2D eigenvalue weighted by molar-refractivity contribution is 7.89. The maximum Gasteiger partial charge on any atom is 0.241 e. The second-order valence-corrected chi connectivity index (χ2v) is 7.09. The zero-order valence-electron chi connectivity index (χ0n) is 13.9. The van der Waals surface area contributed by atoms with E-state index in [4.69, 9.17) is 10.5 Å². The van der Waals surface area contributed by atoms with Crippen molar-refractivity contribution in [2.45, 2.75) is 23.8 Å². The lowest BCUT2D eigenvalue weighted by Crippen LogP contribution is -2.27. The Bertz CT molecular complexity index is 790. The molecule has 0 aromatic heterocycles. The van der Waals surface area contributed by atoms with Crippen LogP contribution in [-0.4, -0.2) is 17.6 Å². The highest BCUT2D eigenvalue weighted by Gasteiger charge is 2.27. The average molecular weight is 356 g/mol. The third-order valence-corrected chi connectivity index (χ3v) is 5.41. The maximum atomic E-state index is 12.6. The summed E-state index contributed by atoms with van der Waals surface area (Å²) in [5.74, 6) is 0.276. The van der Waals surface area contributed by atoms with Crippen molar-refractivity contribution in [1.82, 2.24) is 4.72 Å². The second kappa shape index (κ2) is 7.74. The Morgan fingerprint density at radius 2 is 2.08 bits per heavy atom. The Balaban J connectivity index is 1.70. The van der Waals surface area contributed by atoms with Crippen molar-refractivity contribution >= 4 is 23.3 Å². The zero-order chi connectivity index (χ0) is 17.8. The first kappa shape index (κ1) is 17.5. The van der Waals surface area contributed by atoms with Gasteiger partial charge >= 0.3 is 0 Å². The molecule has 0 bridgehead atoms. The Kier molecular flexibility index (Phi) is 5.43. The van der Waals surface area contributed by atoms with Gasteiger partial charge in [0.1, 0.15) is 5.75 Å². The molecule has 1 aliphatic rings. The zero-order valence-corrected chi connectivity index (χ0v) is 14.7. The van der Waals surface area contributed by atoms with Gasteiger partial charge in [-0.3, -0.25) is 4.79 Å². The summed E-state index contributed by atoms with van der Waals surface area (Å²) < 4.78 is 20.9. The second-order valence-electron chi connectivity index (χ2n) is 5.85. The number of fused-ring (bicyclic) bond motifs is 1. The van der Waals surface area contributed by atoms with E-state index < -0.39 is 17.3 Å². The smallest absolute Gasteiger partial charge is 0.241 e. The van der Waals surface area contributed by atoms with E-state index in [1.54, 1.807) is 37.5 Å².